The topological polar surface area (TPSA) is 78.0 Å². The van der Waals surface area contributed by atoms with Gasteiger partial charge in [-0.15, -0.1) is 0 Å². The number of amidine groups is 1. The van der Waals surface area contributed by atoms with Gasteiger partial charge in [0, 0.05) is 19.1 Å². The fraction of sp³-hybridized carbons (Fsp3) is 0.571. The van der Waals surface area contributed by atoms with Crippen molar-refractivity contribution in [1.29, 1.82) is 0 Å². The molecular formula is C14H23N5O. The van der Waals surface area contributed by atoms with Crippen molar-refractivity contribution < 1.29 is 5.21 Å². The molecule has 0 aromatic carbocycles. The van der Waals surface area contributed by atoms with Crippen molar-refractivity contribution in [2.45, 2.75) is 26.3 Å². The van der Waals surface area contributed by atoms with Crippen LogP contribution in [0.2, 0.25) is 0 Å². The Hall–Kier alpha value is -1.82. The molecule has 6 heteroatoms. The molecule has 2 heterocycles. The molecule has 1 aliphatic rings. The fourth-order valence-corrected chi connectivity index (χ4v) is 2.78. The average molecular weight is 277 g/mol. The molecule has 1 unspecified atom stereocenters. The van der Waals surface area contributed by atoms with Gasteiger partial charge in [0.15, 0.2) is 5.84 Å². The van der Waals surface area contributed by atoms with E-state index in [1.165, 1.54) is 0 Å². The smallest absolute Gasteiger partial charge is 0.188 e. The average Bonchev–Trinajstić information content (AvgIpc) is 2.97. The van der Waals surface area contributed by atoms with Gasteiger partial charge in [-0.1, -0.05) is 25.1 Å². The van der Waals surface area contributed by atoms with E-state index in [2.05, 4.69) is 33.8 Å². The van der Waals surface area contributed by atoms with Crippen molar-refractivity contribution in [1.82, 2.24) is 9.88 Å². The number of hydrogen-bond donors (Lipinski definition) is 2. The standard InChI is InChI=1S/C14H23N5O/c1-3-18(4-2)11-8-9-19(10-11)13-7-5-6-12(16-13)14(15)17-20/h5-7,11,20H,3-4,8-10H2,1-2H3,(H2,15,17). The zero-order valence-corrected chi connectivity index (χ0v) is 12.2. The molecule has 3 N–H and O–H groups in total. The van der Waals surface area contributed by atoms with Gasteiger partial charge in [0.25, 0.3) is 0 Å². The van der Waals surface area contributed by atoms with Gasteiger partial charge in [-0.3, -0.25) is 4.90 Å². The summed E-state index contributed by atoms with van der Waals surface area (Å²) in [6.07, 6.45) is 1.15. The van der Waals surface area contributed by atoms with Crippen LogP contribution in [0.4, 0.5) is 5.82 Å². The van der Waals surface area contributed by atoms with Crippen LogP contribution in [0, 0.1) is 0 Å². The Balaban J connectivity index is 2.10. The summed E-state index contributed by atoms with van der Waals surface area (Å²) in [5.74, 6) is 0.940. The lowest BCUT2D eigenvalue weighted by atomic mass is 10.2. The normalized spacial score (nSPS) is 19.9. The molecule has 20 heavy (non-hydrogen) atoms. The summed E-state index contributed by atoms with van der Waals surface area (Å²) in [6, 6.07) is 6.19. The molecule has 0 radical (unpaired) electrons. The van der Waals surface area contributed by atoms with Crippen molar-refractivity contribution >= 4 is 11.7 Å². The fourth-order valence-electron chi connectivity index (χ4n) is 2.78. The lowest BCUT2D eigenvalue weighted by Crippen LogP contribution is -2.37. The van der Waals surface area contributed by atoms with Gasteiger partial charge < -0.3 is 15.8 Å². The van der Waals surface area contributed by atoms with E-state index in [0.717, 1.165) is 38.4 Å². The minimum absolute atomic E-state index is 0.0475. The number of hydrogen-bond acceptors (Lipinski definition) is 5. The molecule has 1 fully saturated rings. The summed E-state index contributed by atoms with van der Waals surface area (Å²) in [5, 5.41) is 11.7. The maximum Gasteiger partial charge on any atom is 0.188 e. The summed E-state index contributed by atoms with van der Waals surface area (Å²) in [6.45, 7) is 8.52. The lowest BCUT2D eigenvalue weighted by molar-refractivity contribution is 0.232. The lowest BCUT2D eigenvalue weighted by Gasteiger charge is -2.26. The first kappa shape index (κ1) is 14.6. The molecule has 0 spiro atoms. The van der Waals surface area contributed by atoms with Gasteiger partial charge >= 0.3 is 0 Å². The van der Waals surface area contributed by atoms with Crippen molar-refractivity contribution in [3.63, 3.8) is 0 Å². The highest BCUT2D eigenvalue weighted by atomic mass is 16.4. The van der Waals surface area contributed by atoms with Crippen molar-refractivity contribution in [3.05, 3.63) is 23.9 Å². The van der Waals surface area contributed by atoms with Gasteiger partial charge in [-0.2, -0.15) is 0 Å². The summed E-state index contributed by atoms with van der Waals surface area (Å²) < 4.78 is 0. The van der Waals surface area contributed by atoms with Crippen LogP contribution in [-0.4, -0.2) is 53.1 Å². The predicted octanol–water partition coefficient (Wildman–Crippen LogP) is 1.10. The summed E-state index contributed by atoms with van der Waals surface area (Å²) in [5.41, 5.74) is 6.10. The molecule has 0 bridgehead atoms. The van der Waals surface area contributed by atoms with Gasteiger partial charge in [-0.05, 0) is 31.6 Å². The third-order valence-electron chi connectivity index (χ3n) is 3.92. The molecule has 110 valence electrons. The highest BCUT2D eigenvalue weighted by Crippen LogP contribution is 2.21. The first-order valence-corrected chi connectivity index (χ1v) is 7.13. The number of likely N-dealkylation sites (N-methyl/N-ethyl adjacent to an activating group) is 1. The van der Waals surface area contributed by atoms with Crippen LogP contribution in [-0.2, 0) is 0 Å². The minimum atomic E-state index is 0.0475. The highest BCUT2D eigenvalue weighted by Gasteiger charge is 2.27. The number of aromatic nitrogens is 1. The van der Waals surface area contributed by atoms with E-state index in [1.807, 2.05) is 12.1 Å². The Morgan fingerprint density at radius 3 is 2.90 bits per heavy atom. The van der Waals surface area contributed by atoms with Crippen LogP contribution in [0.3, 0.4) is 0 Å². The molecular weight excluding hydrogens is 254 g/mol. The Labute approximate surface area is 119 Å². The maximum atomic E-state index is 8.73. The minimum Gasteiger partial charge on any atom is -0.409 e. The third-order valence-corrected chi connectivity index (χ3v) is 3.92. The van der Waals surface area contributed by atoms with E-state index in [0.29, 0.717) is 11.7 Å². The quantitative estimate of drug-likeness (QED) is 0.365. The number of anilines is 1. The largest absolute Gasteiger partial charge is 0.409 e. The SMILES string of the molecule is CCN(CC)C1CCN(c2cccc(C(N)=NO)n2)C1. The highest BCUT2D eigenvalue weighted by molar-refractivity contribution is 5.95. The predicted molar refractivity (Wildman–Crippen MR) is 80.3 cm³/mol. The molecule has 1 aromatic rings. The Morgan fingerprint density at radius 2 is 2.25 bits per heavy atom. The zero-order valence-electron chi connectivity index (χ0n) is 12.2. The Bertz CT molecular complexity index is 472. The molecule has 1 aromatic heterocycles. The Kier molecular flexibility index (Phi) is 4.79. The van der Waals surface area contributed by atoms with Crippen molar-refractivity contribution in [2.24, 2.45) is 10.9 Å². The van der Waals surface area contributed by atoms with Crippen molar-refractivity contribution in [2.75, 3.05) is 31.1 Å². The van der Waals surface area contributed by atoms with Crippen LogP contribution in [0.25, 0.3) is 0 Å². The van der Waals surface area contributed by atoms with Crippen LogP contribution in [0.5, 0.6) is 0 Å². The third kappa shape index (κ3) is 3.01. The number of nitrogens with two attached hydrogens (primary N) is 1. The van der Waals surface area contributed by atoms with E-state index < -0.39 is 0 Å². The molecule has 0 saturated carbocycles. The van der Waals surface area contributed by atoms with Gasteiger partial charge in [-0.25, -0.2) is 4.98 Å². The van der Waals surface area contributed by atoms with E-state index >= 15 is 0 Å². The zero-order chi connectivity index (χ0) is 14.5. The summed E-state index contributed by atoms with van der Waals surface area (Å²) in [4.78, 5) is 9.20. The molecule has 1 atom stereocenters. The van der Waals surface area contributed by atoms with Gasteiger partial charge in [0.1, 0.15) is 11.5 Å². The second kappa shape index (κ2) is 6.56. The van der Waals surface area contributed by atoms with Crippen LogP contribution in [0.15, 0.2) is 23.4 Å². The number of pyridine rings is 1. The van der Waals surface area contributed by atoms with Gasteiger partial charge in [0.2, 0.25) is 0 Å². The second-order valence-corrected chi connectivity index (χ2v) is 4.98. The molecule has 0 aliphatic carbocycles. The molecule has 0 amide bonds. The molecule has 1 aliphatic heterocycles. The monoisotopic (exact) mass is 277 g/mol. The van der Waals surface area contributed by atoms with E-state index in [9.17, 15) is 0 Å². The molecule has 1 saturated heterocycles. The van der Waals surface area contributed by atoms with E-state index in [-0.39, 0.29) is 5.84 Å². The number of nitrogens with zero attached hydrogens (tertiary/aromatic N) is 4. The van der Waals surface area contributed by atoms with E-state index in [4.69, 9.17) is 10.9 Å². The first-order valence-electron chi connectivity index (χ1n) is 7.13. The summed E-state index contributed by atoms with van der Waals surface area (Å²) in [7, 11) is 0. The maximum absolute atomic E-state index is 8.73. The molecule has 2 rings (SSSR count). The first-order chi connectivity index (χ1) is 9.69. The Morgan fingerprint density at radius 1 is 1.50 bits per heavy atom. The van der Waals surface area contributed by atoms with Crippen LogP contribution in [0.1, 0.15) is 26.0 Å². The van der Waals surface area contributed by atoms with Crippen LogP contribution < -0.4 is 10.6 Å². The van der Waals surface area contributed by atoms with Crippen LogP contribution >= 0.6 is 0 Å². The second-order valence-electron chi connectivity index (χ2n) is 4.98. The number of oxime groups is 1. The van der Waals surface area contributed by atoms with E-state index in [1.54, 1.807) is 6.07 Å². The number of rotatable bonds is 5. The molecule has 6 nitrogen and oxygen atoms in total. The van der Waals surface area contributed by atoms with Crippen molar-refractivity contribution in [3.8, 4) is 0 Å². The summed E-state index contributed by atoms with van der Waals surface area (Å²) >= 11 is 0. The van der Waals surface area contributed by atoms with Gasteiger partial charge in [0.05, 0.1) is 0 Å².